The van der Waals surface area contributed by atoms with Gasteiger partial charge < -0.3 is 5.73 Å². The molecule has 1 aromatic rings. The fourth-order valence-electron chi connectivity index (χ4n) is 2.25. The Labute approximate surface area is 107 Å². The topological polar surface area (TPSA) is 26.0 Å². The summed E-state index contributed by atoms with van der Waals surface area (Å²) in [6.07, 6.45) is 5.42. The summed E-state index contributed by atoms with van der Waals surface area (Å²) in [5.74, 6) is 0. The summed E-state index contributed by atoms with van der Waals surface area (Å²) in [6.45, 7) is 0.672. The summed E-state index contributed by atoms with van der Waals surface area (Å²) >= 11 is 8.22. The summed E-state index contributed by atoms with van der Waals surface area (Å²) in [7, 11) is 0. The van der Waals surface area contributed by atoms with E-state index in [1.165, 1.54) is 31.2 Å². The molecule has 1 nitrogen and oxygen atoms in total. The van der Waals surface area contributed by atoms with E-state index in [1.54, 1.807) is 0 Å². The lowest BCUT2D eigenvalue weighted by atomic mass is 10.1. The molecule has 2 rings (SSSR count). The molecular formula is C13H18ClNS. The van der Waals surface area contributed by atoms with E-state index in [1.807, 2.05) is 30.0 Å². The average Bonchev–Trinajstić information content (AvgIpc) is 2.80. The van der Waals surface area contributed by atoms with Gasteiger partial charge in [-0.2, -0.15) is 0 Å². The standard InChI is InChI=1S/C13H18ClNS/c14-12-8-4-3-7-11(12)13(9-15)16-10-5-1-2-6-10/h3-4,7-8,10,13H,1-2,5-6,9,15H2. The highest BCUT2D eigenvalue weighted by molar-refractivity contribution is 8.00. The van der Waals surface area contributed by atoms with E-state index in [0.717, 1.165) is 10.3 Å². The van der Waals surface area contributed by atoms with E-state index in [-0.39, 0.29) is 0 Å². The Morgan fingerprint density at radius 2 is 2.00 bits per heavy atom. The van der Waals surface area contributed by atoms with E-state index in [2.05, 4.69) is 6.07 Å². The minimum absolute atomic E-state index is 0.358. The van der Waals surface area contributed by atoms with Gasteiger partial charge in [-0.1, -0.05) is 42.6 Å². The highest BCUT2D eigenvalue weighted by Gasteiger charge is 2.22. The number of benzene rings is 1. The van der Waals surface area contributed by atoms with Crippen LogP contribution < -0.4 is 5.73 Å². The van der Waals surface area contributed by atoms with Gasteiger partial charge >= 0.3 is 0 Å². The van der Waals surface area contributed by atoms with Crippen molar-refractivity contribution in [1.82, 2.24) is 0 Å². The molecule has 0 spiro atoms. The molecule has 1 aliphatic rings. The number of halogens is 1. The lowest BCUT2D eigenvalue weighted by molar-refractivity contribution is 0.874. The Bertz CT molecular complexity index is 336. The van der Waals surface area contributed by atoms with Crippen LogP contribution in [0.3, 0.4) is 0 Å². The zero-order valence-electron chi connectivity index (χ0n) is 9.36. The van der Waals surface area contributed by atoms with Gasteiger partial charge in [-0.25, -0.2) is 0 Å². The van der Waals surface area contributed by atoms with Gasteiger partial charge in [-0.15, -0.1) is 11.8 Å². The average molecular weight is 256 g/mol. The van der Waals surface area contributed by atoms with Crippen molar-refractivity contribution in [2.75, 3.05) is 6.54 Å². The van der Waals surface area contributed by atoms with Gasteiger partial charge in [0, 0.05) is 22.1 Å². The van der Waals surface area contributed by atoms with E-state index in [9.17, 15) is 0 Å². The molecule has 0 amide bonds. The molecule has 0 aromatic heterocycles. The van der Waals surface area contributed by atoms with Crippen LogP contribution in [-0.2, 0) is 0 Å². The smallest absolute Gasteiger partial charge is 0.0449 e. The molecule has 16 heavy (non-hydrogen) atoms. The maximum Gasteiger partial charge on any atom is 0.0449 e. The zero-order chi connectivity index (χ0) is 11.4. The van der Waals surface area contributed by atoms with Crippen molar-refractivity contribution in [3.63, 3.8) is 0 Å². The number of thioether (sulfide) groups is 1. The summed E-state index contributed by atoms with van der Waals surface area (Å²) in [4.78, 5) is 0. The molecule has 0 heterocycles. The minimum atomic E-state index is 0.358. The molecule has 88 valence electrons. The second kappa shape index (κ2) is 5.95. The lowest BCUT2D eigenvalue weighted by Gasteiger charge is -2.20. The molecule has 1 atom stereocenters. The van der Waals surface area contributed by atoms with Crippen molar-refractivity contribution in [1.29, 1.82) is 0 Å². The van der Waals surface area contributed by atoms with Crippen molar-refractivity contribution >= 4 is 23.4 Å². The monoisotopic (exact) mass is 255 g/mol. The van der Waals surface area contributed by atoms with Crippen molar-refractivity contribution < 1.29 is 0 Å². The largest absolute Gasteiger partial charge is 0.329 e. The molecule has 0 radical (unpaired) electrons. The Morgan fingerprint density at radius 3 is 2.62 bits per heavy atom. The summed E-state index contributed by atoms with van der Waals surface area (Å²) in [5.41, 5.74) is 7.07. The number of hydrogen-bond donors (Lipinski definition) is 1. The lowest BCUT2D eigenvalue weighted by Crippen LogP contribution is -2.13. The molecule has 2 N–H and O–H groups in total. The molecule has 1 saturated carbocycles. The van der Waals surface area contributed by atoms with Gasteiger partial charge in [0.1, 0.15) is 0 Å². The first-order chi connectivity index (χ1) is 7.81. The van der Waals surface area contributed by atoms with E-state index in [0.29, 0.717) is 11.8 Å². The van der Waals surface area contributed by atoms with Crippen molar-refractivity contribution in [3.8, 4) is 0 Å². The van der Waals surface area contributed by atoms with E-state index >= 15 is 0 Å². The van der Waals surface area contributed by atoms with E-state index in [4.69, 9.17) is 17.3 Å². The predicted molar refractivity (Wildman–Crippen MR) is 73.1 cm³/mol. The first-order valence-electron chi connectivity index (χ1n) is 5.91. The first kappa shape index (κ1) is 12.3. The Morgan fingerprint density at radius 1 is 1.31 bits per heavy atom. The molecule has 1 unspecified atom stereocenters. The van der Waals surface area contributed by atoms with Gasteiger partial charge in [0.2, 0.25) is 0 Å². The van der Waals surface area contributed by atoms with Crippen LogP contribution in [-0.4, -0.2) is 11.8 Å². The first-order valence-corrected chi connectivity index (χ1v) is 7.23. The highest BCUT2D eigenvalue weighted by Crippen LogP contribution is 2.40. The number of hydrogen-bond acceptors (Lipinski definition) is 2. The zero-order valence-corrected chi connectivity index (χ0v) is 10.9. The third-order valence-corrected chi connectivity index (χ3v) is 5.10. The maximum absolute atomic E-state index is 6.21. The number of rotatable bonds is 4. The van der Waals surface area contributed by atoms with Gasteiger partial charge in [0.15, 0.2) is 0 Å². The normalized spacial score (nSPS) is 18.9. The van der Waals surface area contributed by atoms with Crippen molar-refractivity contribution in [2.24, 2.45) is 5.73 Å². The van der Waals surface area contributed by atoms with Crippen LogP contribution >= 0.6 is 23.4 Å². The summed E-state index contributed by atoms with van der Waals surface area (Å²) in [5, 5.41) is 1.99. The third kappa shape index (κ3) is 2.93. The maximum atomic E-state index is 6.21. The third-order valence-electron chi connectivity index (χ3n) is 3.13. The van der Waals surface area contributed by atoms with Gasteiger partial charge in [-0.3, -0.25) is 0 Å². The molecule has 0 aliphatic heterocycles. The van der Waals surface area contributed by atoms with Crippen molar-refractivity contribution in [3.05, 3.63) is 34.9 Å². The van der Waals surface area contributed by atoms with Crippen LogP contribution in [0.1, 0.15) is 36.5 Å². The molecule has 1 aromatic carbocycles. The predicted octanol–water partition coefficient (Wildman–Crippen LogP) is 4.02. The quantitative estimate of drug-likeness (QED) is 0.880. The molecular weight excluding hydrogens is 238 g/mol. The molecule has 3 heteroatoms. The SMILES string of the molecule is NCC(SC1CCCC1)c1ccccc1Cl. The Kier molecular flexibility index (Phi) is 4.56. The molecule has 1 fully saturated rings. The fraction of sp³-hybridized carbons (Fsp3) is 0.538. The Balaban J connectivity index is 2.06. The van der Waals surface area contributed by atoms with Crippen LogP contribution in [0.4, 0.5) is 0 Å². The molecule has 0 saturated heterocycles. The minimum Gasteiger partial charge on any atom is -0.329 e. The van der Waals surface area contributed by atoms with Gasteiger partial charge in [-0.05, 0) is 24.5 Å². The Hall–Kier alpha value is -0.180. The summed E-state index contributed by atoms with van der Waals surface area (Å²) < 4.78 is 0. The summed E-state index contributed by atoms with van der Waals surface area (Å²) in [6, 6.07) is 8.06. The number of nitrogens with two attached hydrogens (primary N) is 1. The molecule has 0 bridgehead atoms. The van der Waals surface area contributed by atoms with E-state index < -0.39 is 0 Å². The van der Waals surface area contributed by atoms with Crippen LogP contribution in [0.15, 0.2) is 24.3 Å². The fourth-order valence-corrected chi connectivity index (χ4v) is 4.11. The highest BCUT2D eigenvalue weighted by atomic mass is 35.5. The van der Waals surface area contributed by atoms with Crippen LogP contribution in [0, 0.1) is 0 Å². The second-order valence-corrected chi connectivity index (χ2v) is 6.20. The van der Waals surface area contributed by atoms with Crippen LogP contribution in [0.5, 0.6) is 0 Å². The molecule has 1 aliphatic carbocycles. The second-order valence-electron chi connectivity index (χ2n) is 4.29. The van der Waals surface area contributed by atoms with Gasteiger partial charge in [0.25, 0.3) is 0 Å². The van der Waals surface area contributed by atoms with Crippen LogP contribution in [0.2, 0.25) is 5.02 Å². The van der Waals surface area contributed by atoms with Crippen molar-refractivity contribution in [2.45, 2.75) is 36.2 Å². The van der Waals surface area contributed by atoms with Gasteiger partial charge in [0.05, 0.1) is 0 Å². The van der Waals surface area contributed by atoms with Crippen LogP contribution in [0.25, 0.3) is 0 Å².